The van der Waals surface area contributed by atoms with E-state index in [2.05, 4.69) is 16.4 Å². The first-order valence-corrected chi connectivity index (χ1v) is 7.26. The van der Waals surface area contributed by atoms with E-state index >= 15 is 0 Å². The maximum Gasteiger partial charge on any atom is 0.213 e. The first-order chi connectivity index (χ1) is 10.2. The highest BCUT2D eigenvalue weighted by Gasteiger charge is 2.05. The van der Waals surface area contributed by atoms with Crippen molar-refractivity contribution in [3.05, 3.63) is 48.2 Å². The van der Waals surface area contributed by atoms with Gasteiger partial charge in [0.1, 0.15) is 5.75 Å². The van der Waals surface area contributed by atoms with Crippen molar-refractivity contribution in [2.45, 2.75) is 33.4 Å². The number of ether oxygens (including phenoxy) is 2. The first-order valence-electron chi connectivity index (χ1n) is 7.26. The van der Waals surface area contributed by atoms with Gasteiger partial charge in [-0.15, -0.1) is 0 Å². The van der Waals surface area contributed by atoms with E-state index in [1.165, 1.54) is 0 Å². The van der Waals surface area contributed by atoms with E-state index in [1.807, 2.05) is 51.1 Å². The lowest BCUT2D eigenvalue weighted by molar-refractivity contribution is 0.240. The number of pyridine rings is 1. The van der Waals surface area contributed by atoms with Crippen molar-refractivity contribution in [2.24, 2.45) is 0 Å². The van der Waals surface area contributed by atoms with E-state index < -0.39 is 0 Å². The van der Waals surface area contributed by atoms with Crippen LogP contribution in [0.4, 0.5) is 5.69 Å². The quantitative estimate of drug-likeness (QED) is 0.839. The summed E-state index contributed by atoms with van der Waals surface area (Å²) in [6.45, 7) is 7.32. The molecular weight excluding hydrogens is 264 g/mol. The van der Waals surface area contributed by atoms with Crippen LogP contribution < -0.4 is 14.8 Å². The minimum absolute atomic E-state index is 0.165. The SMILES string of the molecule is CCOc1ccc(NCc2ccccc2OC(C)C)cn1. The Morgan fingerprint density at radius 2 is 1.95 bits per heavy atom. The summed E-state index contributed by atoms with van der Waals surface area (Å²) in [6.07, 6.45) is 1.94. The predicted octanol–water partition coefficient (Wildman–Crippen LogP) is 3.88. The second-order valence-corrected chi connectivity index (χ2v) is 4.95. The molecule has 4 nitrogen and oxygen atoms in total. The molecule has 1 aromatic carbocycles. The fraction of sp³-hybridized carbons (Fsp3) is 0.353. The normalized spacial score (nSPS) is 10.5. The number of anilines is 1. The molecule has 2 aromatic rings. The maximum atomic E-state index is 5.81. The number of rotatable bonds is 7. The molecule has 1 heterocycles. The minimum atomic E-state index is 0.165. The number of hydrogen-bond acceptors (Lipinski definition) is 4. The molecule has 1 aromatic heterocycles. The molecule has 0 amide bonds. The highest BCUT2D eigenvalue weighted by molar-refractivity contribution is 5.44. The van der Waals surface area contributed by atoms with Crippen LogP contribution in [-0.2, 0) is 6.54 Å². The van der Waals surface area contributed by atoms with Crippen LogP contribution in [-0.4, -0.2) is 17.7 Å². The van der Waals surface area contributed by atoms with E-state index in [0.29, 0.717) is 19.0 Å². The molecule has 0 bridgehead atoms. The van der Waals surface area contributed by atoms with Gasteiger partial charge in [0.15, 0.2) is 0 Å². The summed E-state index contributed by atoms with van der Waals surface area (Å²) >= 11 is 0. The number of benzene rings is 1. The van der Waals surface area contributed by atoms with Crippen molar-refractivity contribution < 1.29 is 9.47 Å². The van der Waals surface area contributed by atoms with E-state index in [0.717, 1.165) is 17.0 Å². The summed E-state index contributed by atoms with van der Waals surface area (Å²) in [6, 6.07) is 11.9. The smallest absolute Gasteiger partial charge is 0.213 e. The number of aromatic nitrogens is 1. The van der Waals surface area contributed by atoms with Gasteiger partial charge in [-0.05, 0) is 32.9 Å². The molecule has 0 radical (unpaired) electrons. The zero-order valence-corrected chi connectivity index (χ0v) is 12.8. The molecule has 0 atom stereocenters. The third-order valence-corrected chi connectivity index (χ3v) is 2.85. The molecule has 0 saturated heterocycles. The average Bonchev–Trinajstić information content (AvgIpc) is 2.48. The van der Waals surface area contributed by atoms with Gasteiger partial charge in [-0.1, -0.05) is 18.2 Å². The van der Waals surface area contributed by atoms with E-state index in [1.54, 1.807) is 6.20 Å². The van der Waals surface area contributed by atoms with E-state index in [-0.39, 0.29) is 6.10 Å². The third-order valence-electron chi connectivity index (χ3n) is 2.85. The van der Waals surface area contributed by atoms with Crippen molar-refractivity contribution in [1.29, 1.82) is 0 Å². The Kier molecular flexibility index (Phi) is 5.43. The van der Waals surface area contributed by atoms with Crippen LogP contribution in [0.5, 0.6) is 11.6 Å². The van der Waals surface area contributed by atoms with Gasteiger partial charge in [0, 0.05) is 18.2 Å². The molecule has 4 heteroatoms. The monoisotopic (exact) mass is 286 g/mol. The number of nitrogens with one attached hydrogen (secondary N) is 1. The molecule has 1 N–H and O–H groups in total. The van der Waals surface area contributed by atoms with Crippen LogP contribution in [0.25, 0.3) is 0 Å². The summed E-state index contributed by atoms with van der Waals surface area (Å²) in [7, 11) is 0. The van der Waals surface area contributed by atoms with Gasteiger partial charge in [0.05, 0.1) is 24.6 Å². The van der Waals surface area contributed by atoms with Crippen molar-refractivity contribution in [2.75, 3.05) is 11.9 Å². The van der Waals surface area contributed by atoms with E-state index in [9.17, 15) is 0 Å². The summed E-state index contributed by atoms with van der Waals surface area (Å²) < 4.78 is 11.1. The van der Waals surface area contributed by atoms with Crippen molar-refractivity contribution in [3.63, 3.8) is 0 Å². The first kappa shape index (κ1) is 15.2. The second kappa shape index (κ2) is 7.53. The molecule has 2 rings (SSSR count). The van der Waals surface area contributed by atoms with Crippen molar-refractivity contribution in [1.82, 2.24) is 4.98 Å². The Hall–Kier alpha value is -2.23. The van der Waals surface area contributed by atoms with Crippen LogP contribution >= 0.6 is 0 Å². The maximum absolute atomic E-state index is 5.81. The number of hydrogen-bond donors (Lipinski definition) is 1. The Morgan fingerprint density at radius 1 is 1.14 bits per heavy atom. The molecule has 0 spiro atoms. The Bertz CT molecular complexity index is 553. The summed E-state index contributed by atoms with van der Waals surface area (Å²) in [5.74, 6) is 1.56. The zero-order valence-electron chi connectivity index (χ0n) is 12.8. The van der Waals surface area contributed by atoms with Crippen LogP contribution in [0.3, 0.4) is 0 Å². The van der Waals surface area contributed by atoms with Gasteiger partial charge in [0.2, 0.25) is 5.88 Å². The molecule has 0 unspecified atom stereocenters. The fourth-order valence-electron chi connectivity index (χ4n) is 1.93. The Balaban J connectivity index is 1.99. The van der Waals surface area contributed by atoms with Gasteiger partial charge < -0.3 is 14.8 Å². The summed E-state index contributed by atoms with van der Waals surface area (Å²) in [5, 5.41) is 3.35. The van der Waals surface area contributed by atoms with Gasteiger partial charge in [-0.2, -0.15) is 0 Å². The largest absolute Gasteiger partial charge is 0.491 e. The molecule has 0 saturated carbocycles. The standard InChI is InChI=1S/C17H22N2O2/c1-4-20-17-10-9-15(12-19-17)18-11-14-7-5-6-8-16(14)21-13(2)3/h5-10,12-13,18H,4,11H2,1-3H3. The molecular formula is C17H22N2O2. The Morgan fingerprint density at radius 3 is 2.62 bits per heavy atom. The minimum Gasteiger partial charge on any atom is -0.491 e. The van der Waals surface area contributed by atoms with Crippen LogP contribution in [0, 0.1) is 0 Å². The zero-order chi connectivity index (χ0) is 15.1. The second-order valence-electron chi connectivity index (χ2n) is 4.95. The van der Waals surface area contributed by atoms with Crippen molar-refractivity contribution >= 4 is 5.69 Å². The lowest BCUT2D eigenvalue weighted by Gasteiger charge is -2.15. The van der Waals surface area contributed by atoms with E-state index in [4.69, 9.17) is 9.47 Å². The number of nitrogens with zero attached hydrogens (tertiary/aromatic N) is 1. The van der Waals surface area contributed by atoms with Gasteiger partial charge in [-0.25, -0.2) is 4.98 Å². The molecule has 0 aliphatic rings. The highest BCUT2D eigenvalue weighted by atomic mass is 16.5. The topological polar surface area (TPSA) is 43.4 Å². The Labute approximate surface area is 126 Å². The van der Waals surface area contributed by atoms with Crippen LogP contribution in [0.1, 0.15) is 26.3 Å². The van der Waals surface area contributed by atoms with Crippen molar-refractivity contribution in [3.8, 4) is 11.6 Å². The summed E-state index contributed by atoms with van der Waals surface area (Å²) in [4.78, 5) is 4.24. The third kappa shape index (κ3) is 4.67. The molecule has 21 heavy (non-hydrogen) atoms. The molecule has 0 aliphatic carbocycles. The lowest BCUT2D eigenvalue weighted by atomic mass is 10.2. The van der Waals surface area contributed by atoms with Gasteiger partial charge in [-0.3, -0.25) is 0 Å². The average molecular weight is 286 g/mol. The van der Waals surface area contributed by atoms with Crippen LogP contribution in [0.15, 0.2) is 42.6 Å². The molecule has 0 fully saturated rings. The number of para-hydroxylation sites is 1. The summed E-state index contributed by atoms with van der Waals surface area (Å²) in [5.41, 5.74) is 2.08. The van der Waals surface area contributed by atoms with Gasteiger partial charge in [0.25, 0.3) is 0 Å². The molecule has 0 aliphatic heterocycles. The van der Waals surface area contributed by atoms with Crippen LogP contribution in [0.2, 0.25) is 0 Å². The molecule has 112 valence electrons. The lowest BCUT2D eigenvalue weighted by Crippen LogP contribution is -2.09. The van der Waals surface area contributed by atoms with Gasteiger partial charge >= 0.3 is 0 Å². The predicted molar refractivity (Wildman–Crippen MR) is 84.9 cm³/mol. The fourth-order valence-corrected chi connectivity index (χ4v) is 1.93. The highest BCUT2D eigenvalue weighted by Crippen LogP contribution is 2.21.